The Bertz CT molecular complexity index is 1590. The van der Waals surface area contributed by atoms with Gasteiger partial charge in [-0.1, -0.05) is 36.5 Å². The van der Waals surface area contributed by atoms with Crippen molar-refractivity contribution in [3.63, 3.8) is 0 Å². The number of hydrogen-bond acceptors (Lipinski definition) is 7. The van der Waals surface area contributed by atoms with Gasteiger partial charge >= 0.3 is 5.91 Å². The molecule has 1 amide bonds. The summed E-state index contributed by atoms with van der Waals surface area (Å²) in [6, 6.07) is 16.6. The highest BCUT2D eigenvalue weighted by atomic mass is 32.1. The van der Waals surface area contributed by atoms with Crippen LogP contribution in [0.25, 0.3) is 16.0 Å². The van der Waals surface area contributed by atoms with E-state index in [9.17, 15) is 19.8 Å². The molecular formula is C29H24N2O5S. The first-order valence-corrected chi connectivity index (χ1v) is 13.0. The minimum Gasteiger partial charge on any atom is -0.508 e. The van der Waals surface area contributed by atoms with Gasteiger partial charge in [0.05, 0.1) is 28.4 Å². The number of aromatic hydroxyl groups is 1. The molecule has 186 valence electrons. The lowest BCUT2D eigenvalue weighted by molar-refractivity contribution is -0.132. The van der Waals surface area contributed by atoms with Crippen LogP contribution in [0.4, 0.5) is 5.13 Å². The fourth-order valence-corrected chi connectivity index (χ4v) is 6.00. The maximum absolute atomic E-state index is 13.5. The van der Waals surface area contributed by atoms with E-state index in [0.29, 0.717) is 22.9 Å². The van der Waals surface area contributed by atoms with E-state index in [4.69, 9.17) is 4.74 Å². The summed E-state index contributed by atoms with van der Waals surface area (Å²) in [5.74, 6) is -0.961. The number of phenols is 1. The number of carbonyl (C=O) groups is 2. The molecular weight excluding hydrogens is 488 g/mol. The van der Waals surface area contributed by atoms with Crippen LogP contribution in [0, 0.1) is 0 Å². The smallest absolute Gasteiger partial charge is 0.301 e. The van der Waals surface area contributed by atoms with Crippen molar-refractivity contribution in [2.45, 2.75) is 32.2 Å². The zero-order valence-electron chi connectivity index (χ0n) is 20.1. The molecule has 3 aromatic carbocycles. The van der Waals surface area contributed by atoms with Crippen molar-refractivity contribution in [3.8, 4) is 11.5 Å². The third kappa shape index (κ3) is 3.94. The Hall–Kier alpha value is -4.17. The highest BCUT2D eigenvalue weighted by molar-refractivity contribution is 7.22. The standard InChI is InChI=1S/C29H24N2O5S/c1-2-16-5-11-21-23(14-16)37-29(30-21)31-25(17-6-9-20(32)10-7-17)24(27(34)28(31)35)26(33)19-8-12-22-18(15-19)4-3-13-36-22/h5-12,14-15,25,32-33H,2-4,13H2,1H3/b26-24+. The molecule has 3 heterocycles. The first kappa shape index (κ1) is 23.2. The second kappa shape index (κ2) is 9.05. The number of aromatic nitrogens is 1. The van der Waals surface area contributed by atoms with Crippen molar-refractivity contribution in [2.75, 3.05) is 11.5 Å². The predicted molar refractivity (Wildman–Crippen MR) is 142 cm³/mol. The molecule has 1 unspecified atom stereocenters. The number of aryl methyl sites for hydroxylation is 2. The molecule has 0 saturated carbocycles. The van der Waals surface area contributed by atoms with Gasteiger partial charge in [-0.15, -0.1) is 0 Å². The van der Waals surface area contributed by atoms with E-state index in [1.807, 2.05) is 24.3 Å². The lowest BCUT2D eigenvalue weighted by atomic mass is 9.94. The largest absolute Gasteiger partial charge is 0.508 e. The minimum absolute atomic E-state index is 0.0131. The first-order chi connectivity index (χ1) is 17.9. The Kier molecular flexibility index (Phi) is 5.68. The van der Waals surface area contributed by atoms with Gasteiger partial charge in [-0.3, -0.25) is 14.5 Å². The second-order valence-corrected chi connectivity index (χ2v) is 10.2. The number of fused-ring (bicyclic) bond motifs is 2. The van der Waals surface area contributed by atoms with Crippen LogP contribution in [0.3, 0.4) is 0 Å². The number of hydrogen-bond donors (Lipinski definition) is 2. The number of benzene rings is 3. The van der Waals surface area contributed by atoms with Crippen molar-refractivity contribution in [2.24, 2.45) is 0 Å². The summed E-state index contributed by atoms with van der Waals surface area (Å²) >= 11 is 1.33. The van der Waals surface area contributed by atoms with Gasteiger partial charge in [-0.05, 0) is 78.4 Å². The molecule has 1 aromatic heterocycles. The Balaban J connectivity index is 1.52. The minimum atomic E-state index is -0.904. The normalized spacial score (nSPS) is 18.7. The average Bonchev–Trinajstić information content (AvgIpc) is 3.46. The maximum atomic E-state index is 13.5. The summed E-state index contributed by atoms with van der Waals surface area (Å²) in [5, 5.41) is 21.7. The maximum Gasteiger partial charge on any atom is 0.301 e. The number of amides is 1. The first-order valence-electron chi connectivity index (χ1n) is 12.2. The molecule has 0 aliphatic carbocycles. The van der Waals surface area contributed by atoms with Gasteiger partial charge in [0.2, 0.25) is 0 Å². The summed E-state index contributed by atoms with van der Waals surface area (Å²) in [7, 11) is 0. The van der Waals surface area contributed by atoms with E-state index in [1.165, 1.54) is 28.4 Å². The molecule has 37 heavy (non-hydrogen) atoms. The number of anilines is 1. The zero-order chi connectivity index (χ0) is 25.7. The molecule has 0 bridgehead atoms. The molecule has 2 N–H and O–H groups in total. The van der Waals surface area contributed by atoms with Gasteiger partial charge in [0, 0.05) is 5.56 Å². The molecule has 1 saturated heterocycles. The van der Waals surface area contributed by atoms with Crippen molar-refractivity contribution in [1.82, 2.24) is 4.98 Å². The number of aliphatic hydroxyl groups excluding tert-OH is 1. The van der Waals surface area contributed by atoms with E-state index in [-0.39, 0.29) is 17.1 Å². The van der Waals surface area contributed by atoms with Gasteiger partial charge in [0.1, 0.15) is 17.3 Å². The van der Waals surface area contributed by atoms with Gasteiger partial charge in [0.25, 0.3) is 5.78 Å². The van der Waals surface area contributed by atoms with Gasteiger partial charge < -0.3 is 14.9 Å². The van der Waals surface area contributed by atoms with E-state index in [0.717, 1.165) is 46.4 Å². The number of nitrogens with zero attached hydrogens (tertiary/aromatic N) is 2. The van der Waals surface area contributed by atoms with Gasteiger partial charge in [0.15, 0.2) is 5.13 Å². The second-order valence-electron chi connectivity index (χ2n) is 9.19. The fraction of sp³-hybridized carbons (Fsp3) is 0.207. The number of phenolic OH excluding ortho intramolecular Hbond substituents is 1. The van der Waals surface area contributed by atoms with Crippen molar-refractivity contribution < 1.29 is 24.5 Å². The Morgan fingerprint density at radius 2 is 1.92 bits per heavy atom. The molecule has 6 rings (SSSR count). The third-order valence-electron chi connectivity index (χ3n) is 6.89. The summed E-state index contributed by atoms with van der Waals surface area (Å²) < 4.78 is 6.60. The average molecular weight is 513 g/mol. The summed E-state index contributed by atoms with van der Waals surface area (Å²) in [6.07, 6.45) is 2.54. The number of thiazole rings is 1. The van der Waals surface area contributed by atoms with Crippen LogP contribution in [-0.2, 0) is 22.4 Å². The van der Waals surface area contributed by atoms with E-state index in [1.54, 1.807) is 24.3 Å². The van der Waals surface area contributed by atoms with Crippen LogP contribution in [0.2, 0.25) is 0 Å². The zero-order valence-corrected chi connectivity index (χ0v) is 20.9. The number of Topliss-reactive ketones (excluding diaryl/α,β-unsaturated/α-hetero) is 1. The number of ketones is 1. The quantitative estimate of drug-likeness (QED) is 0.212. The molecule has 2 aliphatic heterocycles. The van der Waals surface area contributed by atoms with E-state index in [2.05, 4.69) is 11.9 Å². The summed E-state index contributed by atoms with van der Waals surface area (Å²) in [4.78, 5) is 32.9. The molecule has 7 nitrogen and oxygen atoms in total. The molecule has 1 atom stereocenters. The molecule has 4 aromatic rings. The lowest BCUT2D eigenvalue weighted by Gasteiger charge is -2.23. The lowest BCUT2D eigenvalue weighted by Crippen LogP contribution is -2.29. The van der Waals surface area contributed by atoms with Crippen LogP contribution < -0.4 is 9.64 Å². The van der Waals surface area contributed by atoms with Crippen molar-refractivity contribution in [1.29, 1.82) is 0 Å². The van der Waals surface area contributed by atoms with Gasteiger partial charge in [-0.25, -0.2) is 4.98 Å². The number of aliphatic hydroxyl groups is 1. The number of rotatable bonds is 4. The van der Waals surface area contributed by atoms with E-state index >= 15 is 0 Å². The highest BCUT2D eigenvalue weighted by Gasteiger charge is 2.48. The number of ether oxygens (including phenoxy) is 1. The molecule has 1 fully saturated rings. The third-order valence-corrected chi connectivity index (χ3v) is 7.91. The highest BCUT2D eigenvalue weighted by Crippen LogP contribution is 2.45. The van der Waals surface area contributed by atoms with Crippen molar-refractivity contribution >= 4 is 44.1 Å². The predicted octanol–water partition coefficient (Wildman–Crippen LogP) is 5.52. The monoisotopic (exact) mass is 512 g/mol. The van der Waals surface area contributed by atoms with Crippen LogP contribution in [-0.4, -0.2) is 33.5 Å². The van der Waals surface area contributed by atoms with Crippen LogP contribution >= 0.6 is 11.3 Å². The SMILES string of the molecule is CCc1ccc2nc(N3C(=O)C(=O)/C(=C(/O)c4ccc5c(c4)CCCO5)C3c3ccc(O)cc3)sc2c1. The Morgan fingerprint density at radius 3 is 2.70 bits per heavy atom. The summed E-state index contributed by atoms with van der Waals surface area (Å²) in [6.45, 7) is 2.71. The van der Waals surface area contributed by atoms with E-state index < -0.39 is 17.7 Å². The number of carbonyl (C=O) groups excluding carboxylic acids is 2. The van der Waals surface area contributed by atoms with Crippen molar-refractivity contribution in [3.05, 3.63) is 88.5 Å². The van der Waals surface area contributed by atoms with Crippen LogP contribution in [0.15, 0.2) is 66.2 Å². The topological polar surface area (TPSA) is 100.0 Å². The fourth-order valence-electron chi connectivity index (χ4n) is 4.94. The van der Waals surface area contributed by atoms with Crippen LogP contribution in [0.5, 0.6) is 11.5 Å². The Labute approximate surface area is 217 Å². The molecule has 0 spiro atoms. The van der Waals surface area contributed by atoms with Crippen LogP contribution in [0.1, 0.15) is 41.6 Å². The Morgan fingerprint density at radius 1 is 1.11 bits per heavy atom. The molecule has 0 radical (unpaired) electrons. The molecule has 8 heteroatoms. The summed E-state index contributed by atoms with van der Waals surface area (Å²) in [5.41, 5.74) is 3.84. The van der Waals surface area contributed by atoms with Gasteiger partial charge in [-0.2, -0.15) is 0 Å². The molecule has 2 aliphatic rings.